The molecule has 0 aliphatic rings. The van der Waals surface area contributed by atoms with Gasteiger partial charge in [-0.1, -0.05) is 18.2 Å². The third kappa shape index (κ3) is 2.79. The second-order valence-electron chi connectivity index (χ2n) is 3.84. The van der Waals surface area contributed by atoms with Gasteiger partial charge in [0, 0.05) is 18.2 Å². The molecule has 2 rings (SSSR count). The zero-order valence-corrected chi connectivity index (χ0v) is 9.89. The maximum atomic E-state index is 5.53. The van der Waals surface area contributed by atoms with Crippen LogP contribution in [0, 0.1) is 0 Å². The molecule has 1 atom stereocenters. The van der Waals surface area contributed by atoms with Crippen LogP contribution < -0.4 is 11.3 Å². The first-order valence-corrected chi connectivity index (χ1v) is 5.73. The monoisotopic (exact) mass is 231 g/mol. The number of ether oxygens (including phenoxy) is 1. The molecular weight excluding hydrogens is 214 g/mol. The van der Waals surface area contributed by atoms with Crippen LogP contribution in [0.15, 0.2) is 36.5 Å². The summed E-state index contributed by atoms with van der Waals surface area (Å²) in [5.74, 6) is 5.53. The number of para-hydroxylation sites is 1. The number of hydrogen-bond donors (Lipinski definition) is 2. The summed E-state index contributed by atoms with van der Waals surface area (Å²) in [6.45, 7) is 3.19. The molecule has 1 aromatic heterocycles. The van der Waals surface area contributed by atoms with E-state index in [1.807, 2.05) is 37.4 Å². The Bertz CT molecular complexity index is 487. The lowest BCUT2D eigenvalue weighted by molar-refractivity contribution is 0.123. The molecule has 0 saturated carbocycles. The number of benzene rings is 1. The van der Waals surface area contributed by atoms with E-state index in [4.69, 9.17) is 10.6 Å². The van der Waals surface area contributed by atoms with Gasteiger partial charge in [0.25, 0.3) is 0 Å². The van der Waals surface area contributed by atoms with Crippen molar-refractivity contribution in [3.8, 4) is 0 Å². The van der Waals surface area contributed by atoms with Crippen molar-refractivity contribution in [3.63, 3.8) is 0 Å². The van der Waals surface area contributed by atoms with Gasteiger partial charge in [-0.15, -0.1) is 0 Å². The van der Waals surface area contributed by atoms with Gasteiger partial charge in [-0.05, 0) is 24.6 Å². The minimum Gasteiger partial charge on any atom is -0.380 e. The summed E-state index contributed by atoms with van der Waals surface area (Å²) in [7, 11) is 0. The Morgan fingerprint density at radius 1 is 1.41 bits per heavy atom. The van der Waals surface area contributed by atoms with Crippen molar-refractivity contribution < 1.29 is 4.74 Å². The van der Waals surface area contributed by atoms with Crippen LogP contribution in [0.1, 0.15) is 18.5 Å². The summed E-state index contributed by atoms with van der Waals surface area (Å²) < 4.78 is 5.38. The first-order valence-electron chi connectivity index (χ1n) is 5.73. The van der Waals surface area contributed by atoms with Crippen LogP contribution in [-0.2, 0) is 4.74 Å². The number of hydrogen-bond acceptors (Lipinski definition) is 4. The van der Waals surface area contributed by atoms with Crippen LogP contribution in [0.3, 0.4) is 0 Å². The van der Waals surface area contributed by atoms with Gasteiger partial charge in [-0.2, -0.15) is 0 Å². The second kappa shape index (κ2) is 5.72. The Hall–Kier alpha value is -1.49. The van der Waals surface area contributed by atoms with E-state index in [0.717, 1.165) is 16.5 Å². The van der Waals surface area contributed by atoms with Gasteiger partial charge < -0.3 is 4.74 Å². The molecule has 0 saturated heterocycles. The fourth-order valence-corrected chi connectivity index (χ4v) is 1.75. The van der Waals surface area contributed by atoms with Crippen LogP contribution >= 0.6 is 0 Å². The van der Waals surface area contributed by atoms with Crippen molar-refractivity contribution in [1.29, 1.82) is 0 Å². The Balaban J connectivity index is 2.27. The molecule has 4 heteroatoms. The van der Waals surface area contributed by atoms with Gasteiger partial charge in [0.05, 0.1) is 18.2 Å². The topological polar surface area (TPSA) is 60.2 Å². The number of nitrogens with one attached hydrogen (secondary N) is 1. The van der Waals surface area contributed by atoms with Crippen molar-refractivity contribution in [2.45, 2.75) is 13.0 Å². The van der Waals surface area contributed by atoms with Crippen molar-refractivity contribution >= 4 is 10.9 Å². The number of pyridine rings is 1. The van der Waals surface area contributed by atoms with Crippen LogP contribution in [-0.4, -0.2) is 18.2 Å². The van der Waals surface area contributed by atoms with Crippen molar-refractivity contribution in [1.82, 2.24) is 10.4 Å². The smallest absolute Gasteiger partial charge is 0.0709 e. The number of hydrazine groups is 1. The van der Waals surface area contributed by atoms with Gasteiger partial charge >= 0.3 is 0 Å². The lowest BCUT2D eigenvalue weighted by atomic mass is 10.1. The molecule has 0 spiro atoms. The van der Waals surface area contributed by atoms with Crippen LogP contribution in [0.4, 0.5) is 0 Å². The zero-order valence-electron chi connectivity index (χ0n) is 9.89. The zero-order chi connectivity index (χ0) is 12.1. The van der Waals surface area contributed by atoms with Crippen molar-refractivity contribution in [3.05, 3.63) is 42.1 Å². The molecule has 0 aliphatic heterocycles. The van der Waals surface area contributed by atoms with Gasteiger partial charge in [-0.25, -0.2) is 0 Å². The molecule has 0 fully saturated rings. The molecule has 1 heterocycles. The maximum absolute atomic E-state index is 5.53. The predicted octanol–water partition coefficient (Wildman–Crippen LogP) is 1.78. The van der Waals surface area contributed by atoms with E-state index in [2.05, 4.69) is 16.5 Å². The third-order valence-corrected chi connectivity index (χ3v) is 2.70. The van der Waals surface area contributed by atoms with E-state index in [0.29, 0.717) is 13.2 Å². The second-order valence-corrected chi connectivity index (χ2v) is 3.84. The van der Waals surface area contributed by atoms with Gasteiger partial charge in [-0.3, -0.25) is 16.3 Å². The molecule has 17 heavy (non-hydrogen) atoms. The van der Waals surface area contributed by atoms with E-state index in [9.17, 15) is 0 Å². The van der Waals surface area contributed by atoms with Gasteiger partial charge in [0.1, 0.15) is 0 Å². The van der Waals surface area contributed by atoms with Crippen LogP contribution in [0.2, 0.25) is 0 Å². The predicted molar refractivity (Wildman–Crippen MR) is 68.3 cm³/mol. The lowest BCUT2D eigenvalue weighted by Gasteiger charge is -2.16. The van der Waals surface area contributed by atoms with E-state index >= 15 is 0 Å². The normalized spacial score (nSPS) is 12.8. The molecule has 0 radical (unpaired) electrons. The van der Waals surface area contributed by atoms with Crippen LogP contribution in [0.25, 0.3) is 10.9 Å². The summed E-state index contributed by atoms with van der Waals surface area (Å²) in [5.41, 5.74) is 4.78. The highest BCUT2D eigenvalue weighted by Crippen LogP contribution is 2.17. The number of fused-ring (bicyclic) bond motifs is 1. The minimum atomic E-state index is -0.0212. The standard InChI is InChI=1S/C13H17N3O/c1-2-17-9-13(16-14)11-7-10-5-3-4-6-12(10)15-8-11/h3-8,13,16H,2,9,14H2,1H3. The molecular formula is C13H17N3O. The first-order chi connectivity index (χ1) is 8.35. The Morgan fingerprint density at radius 3 is 3.00 bits per heavy atom. The number of nitrogens with two attached hydrogens (primary N) is 1. The minimum absolute atomic E-state index is 0.0212. The SMILES string of the molecule is CCOCC(NN)c1cnc2ccccc2c1. The van der Waals surface area contributed by atoms with E-state index in [1.165, 1.54) is 0 Å². The summed E-state index contributed by atoms with van der Waals surface area (Å²) >= 11 is 0. The summed E-state index contributed by atoms with van der Waals surface area (Å²) in [6, 6.07) is 10.1. The molecule has 4 nitrogen and oxygen atoms in total. The molecule has 3 N–H and O–H groups in total. The quantitative estimate of drug-likeness (QED) is 0.608. The molecule has 2 aromatic rings. The molecule has 0 aliphatic carbocycles. The largest absolute Gasteiger partial charge is 0.380 e. The van der Waals surface area contributed by atoms with Gasteiger partial charge in [0.2, 0.25) is 0 Å². The Morgan fingerprint density at radius 2 is 2.24 bits per heavy atom. The third-order valence-electron chi connectivity index (χ3n) is 2.70. The summed E-state index contributed by atoms with van der Waals surface area (Å²) in [5, 5.41) is 1.11. The fourth-order valence-electron chi connectivity index (χ4n) is 1.75. The van der Waals surface area contributed by atoms with Crippen molar-refractivity contribution in [2.24, 2.45) is 5.84 Å². The first kappa shape index (κ1) is 12.0. The van der Waals surface area contributed by atoms with E-state index in [1.54, 1.807) is 0 Å². The Labute approximate surface area is 101 Å². The average Bonchev–Trinajstić information content (AvgIpc) is 2.39. The average molecular weight is 231 g/mol. The molecule has 1 unspecified atom stereocenters. The molecule has 1 aromatic carbocycles. The lowest BCUT2D eigenvalue weighted by Crippen LogP contribution is -2.31. The summed E-state index contributed by atoms with van der Waals surface area (Å²) in [6.07, 6.45) is 1.84. The highest BCUT2D eigenvalue weighted by Gasteiger charge is 2.10. The number of nitrogens with zero attached hydrogens (tertiary/aromatic N) is 1. The van der Waals surface area contributed by atoms with E-state index < -0.39 is 0 Å². The Kier molecular flexibility index (Phi) is 4.03. The fraction of sp³-hybridized carbons (Fsp3) is 0.308. The van der Waals surface area contributed by atoms with Crippen LogP contribution in [0.5, 0.6) is 0 Å². The molecule has 0 bridgehead atoms. The van der Waals surface area contributed by atoms with Gasteiger partial charge in [0.15, 0.2) is 0 Å². The summed E-state index contributed by atoms with van der Waals surface area (Å²) in [4.78, 5) is 4.41. The highest BCUT2D eigenvalue weighted by atomic mass is 16.5. The van der Waals surface area contributed by atoms with Crippen molar-refractivity contribution in [2.75, 3.05) is 13.2 Å². The highest BCUT2D eigenvalue weighted by molar-refractivity contribution is 5.78. The maximum Gasteiger partial charge on any atom is 0.0709 e. The number of rotatable bonds is 5. The molecule has 90 valence electrons. The van der Waals surface area contributed by atoms with E-state index in [-0.39, 0.29) is 6.04 Å². The molecule has 0 amide bonds. The number of aromatic nitrogens is 1.